The number of nitrogens with zero attached hydrogens (tertiary/aromatic N) is 3. The Labute approximate surface area is 115 Å². The van der Waals surface area contributed by atoms with Crippen molar-refractivity contribution in [3.8, 4) is 0 Å². The highest BCUT2D eigenvalue weighted by atomic mass is 32.1. The van der Waals surface area contributed by atoms with Gasteiger partial charge < -0.3 is 20.9 Å². The number of nitrogens with two attached hydrogens (primary N) is 1. The minimum atomic E-state index is -0.272. The number of hydrogen-bond acceptors (Lipinski definition) is 6. The first-order valence-corrected chi connectivity index (χ1v) is 6.78. The number of aromatic nitrogens is 1. The number of anilines is 2. The Bertz CT molecular complexity index is 501. The van der Waals surface area contributed by atoms with Crippen LogP contribution in [0, 0.1) is 0 Å². The van der Waals surface area contributed by atoms with E-state index in [2.05, 4.69) is 9.69 Å². The number of amides is 2. The number of carbonyl (C=O) groups is 2. The summed E-state index contributed by atoms with van der Waals surface area (Å²) in [5, 5.41) is 3.22. The Morgan fingerprint density at radius 3 is 2.89 bits per heavy atom. The molecule has 1 aromatic rings. The molecule has 2 amide bonds. The minimum absolute atomic E-state index is 0.0346. The molecule has 19 heavy (non-hydrogen) atoms. The smallest absolute Gasteiger partial charge is 0.257 e. The Hall–Kier alpha value is -1.83. The molecule has 1 aliphatic heterocycles. The summed E-state index contributed by atoms with van der Waals surface area (Å²) in [7, 11) is 3.33. The Balaban J connectivity index is 2.31. The van der Waals surface area contributed by atoms with Crippen molar-refractivity contribution in [2.45, 2.75) is 6.42 Å². The molecule has 0 unspecified atom stereocenters. The van der Waals surface area contributed by atoms with Crippen LogP contribution in [0.5, 0.6) is 0 Å². The third kappa shape index (κ3) is 2.62. The minimum Gasteiger partial charge on any atom is -0.382 e. The second-order valence-electron chi connectivity index (χ2n) is 4.42. The van der Waals surface area contributed by atoms with Crippen LogP contribution < -0.4 is 16.0 Å². The van der Waals surface area contributed by atoms with Crippen LogP contribution in [0.15, 0.2) is 0 Å². The van der Waals surface area contributed by atoms with Gasteiger partial charge in [-0.05, 0) is 18.0 Å². The average Bonchev–Trinajstić information content (AvgIpc) is 2.69. The SMILES string of the molecule is CNC(=O)c1c(N)nsc1N1CCCN(C)C(=O)C1. The summed E-state index contributed by atoms with van der Waals surface area (Å²) in [6.07, 6.45) is 0.854. The van der Waals surface area contributed by atoms with Gasteiger partial charge in [0.05, 0.1) is 6.54 Å². The number of nitrogen functional groups attached to an aromatic ring is 1. The third-order valence-corrected chi connectivity index (χ3v) is 4.04. The quantitative estimate of drug-likeness (QED) is 0.781. The molecule has 0 saturated carbocycles. The molecule has 3 N–H and O–H groups in total. The molecule has 0 radical (unpaired) electrons. The van der Waals surface area contributed by atoms with Crippen molar-refractivity contribution >= 4 is 34.2 Å². The number of carbonyl (C=O) groups excluding carboxylic acids is 2. The maximum atomic E-state index is 11.9. The van der Waals surface area contributed by atoms with Crippen molar-refractivity contribution in [1.82, 2.24) is 14.6 Å². The number of rotatable bonds is 2. The van der Waals surface area contributed by atoms with Gasteiger partial charge in [0.25, 0.3) is 5.91 Å². The van der Waals surface area contributed by atoms with Gasteiger partial charge in [-0.15, -0.1) is 0 Å². The van der Waals surface area contributed by atoms with Gasteiger partial charge in [0, 0.05) is 27.2 Å². The zero-order chi connectivity index (χ0) is 14.0. The first-order chi connectivity index (χ1) is 9.04. The van der Waals surface area contributed by atoms with E-state index in [0.717, 1.165) is 24.5 Å². The van der Waals surface area contributed by atoms with Crippen LogP contribution in [0.2, 0.25) is 0 Å². The number of hydrogen-bond donors (Lipinski definition) is 2. The third-order valence-electron chi connectivity index (χ3n) is 3.12. The zero-order valence-corrected chi connectivity index (χ0v) is 11.8. The molecule has 1 aliphatic rings. The highest BCUT2D eigenvalue weighted by Gasteiger charge is 2.26. The van der Waals surface area contributed by atoms with E-state index < -0.39 is 0 Å². The first kappa shape index (κ1) is 13.6. The summed E-state index contributed by atoms with van der Waals surface area (Å²) in [5.74, 6) is -0.0250. The fourth-order valence-electron chi connectivity index (χ4n) is 2.01. The molecule has 1 aromatic heterocycles. The van der Waals surface area contributed by atoms with Crippen LogP contribution in [0.4, 0.5) is 10.8 Å². The lowest BCUT2D eigenvalue weighted by molar-refractivity contribution is -0.127. The molecular formula is C11H17N5O2S. The van der Waals surface area contributed by atoms with Crippen molar-refractivity contribution in [2.75, 3.05) is 44.4 Å². The highest BCUT2D eigenvalue weighted by Crippen LogP contribution is 2.31. The van der Waals surface area contributed by atoms with Gasteiger partial charge in [-0.25, -0.2) is 0 Å². The van der Waals surface area contributed by atoms with Gasteiger partial charge in [-0.1, -0.05) is 0 Å². The zero-order valence-electron chi connectivity index (χ0n) is 11.0. The molecule has 0 aliphatic carbocycles. The Morgan fingerprint density at radius 2 is 2.21 bits per heavy atom. The molecule has 0 aromatic carbocycles. The molecule has 0 spiro atoms. The lowest BCUT2D eigenvalue weighted by Gasteiger charge is -2.20. The van der Waals surface area contributed by atoms with Crippen molar-refractivity contribution in [3.05, 3.63) is 5.56 Å². The molecule has 7 nitrogen and oxygen atoms in total. The van der Waals surface area contributed by atoms with E-state index in [1.165, 1.54) is 0 Å². The first-order valence-electron chi connectivity index (χ1n) is 6.00. The number of likely N-dealkylation sites (N-methyl/N-ethyl adjacent to an activating group) is 1. The molecular weight excluding hydrogens is 266 g/mol. The predicted octanol–water partition coefficient (Wildman–Crippen LogP) is -0.247. The van der Waals surface area contributed by atoms with Crippen LogP contribution in [-0.4, -0.2) is 54.8 Å². The van der Waals surface area contributed by atoms with Gasteiger partial charge >= 0.3 is 0 Å². The summed E-state index contributed by atoms with van der Waals surface area (Å²) >= 11 is 1.16. The fourth-order valence-corrected chi connectivity index (χ4v) is 2.84. The van der Waals surface area contributed by atoms with E-state index >= 15 is 0 Å². The normalized spacial score (nSPS) is 16.4. The molecule has 1 fully saturated rings. The van der Waals surface area contributed by atoms with Gasteiger partial charge in [0.15, 0.2) is 5.82 Å². The monoisotopic (exact) mass is 283 g/mol. The Morgan fingerprint density at radius 1 is 1.47 bits per heavy atom. The van der Waals surface area contributed by atoms with Crippen molar-refractivity contribution in [1.29, 1.82) is 0 Å². The Kier molecular flexibility index (Phi) is 3.89. The molecule has 1 saturated heterocycles. The summed E-state index contributed by atoms with van der Waals surface area (Å²) in [6, 6.07) is 0. The molecule has 8 heteroatoms. The maximum Gasteiger partial charge on any atom is 0.257 e. The van der Waals surface area contributed by atoms with Gasteiger partial charge in [0.2, 0.25) is 5.91 Å². The largest absolute Gasteiger partial charge is 0.382 e. The van der Waals surface area contributed by atoms with Crippen molar-refractivity contribution in [2.24, 2.45) is 0 Å². The second kappa shape index (κ2) is 5.43. The van der Waals surface area contributed by atoms with Gasteiger partial charge in [-0.3, -0.25) is 9.59 Å². The number of nitrogens with one attached hydrogen (secondary N) is 1. The summed E-state index contributed by atoms with van der Waals surface area (Å²) < 4.78 is 4.03. The van der Waals surface area contributed by atoms with Crippen LogP contribution >= 0.6 is 11.5 Å². The van der Waals surface area contributed by atoms with E-state index in [1.54, 1.807) is 19.0 Å². The van der Waals surface area contributed by atoms with Crippen LogP contribution in [0.1, 0.15) is 16.8 Å². The standard InChI is InChI=1S/C11H17N5O2S/c1-13-10(18)8-9(12)14-19-11(8)16-5-3-4-15(2)7(17)6-16/h3-6H2,1-2H3,(H2,12,14)(H,13,18). The van der Waals surface area contributed by atoms with Gasteiger partial charge in [0.1, 0.15) is 10.6 Å². The summed E-state index contributed by atoms with van der Waals surface area (Å²) in [4.78, 5) is 27.3. The lowest BCUT2D eigenvalue weighted by Crippen LogP contribution is -2.35. The van der Waals surface area contributed by atoms with Crippen molar-refractivity contribution < 1.29 is 9.59 Å². The van der Waals surface area contributed by atoms with E-state index in [4.69, 9.17) is 5.73 Å². The van der Waals surface area contributed by atoms with Crippen LogP contribution in [-0.2, 0) is 4.79 Å². The van der Waals surface area contributed by atoms with E-state index in [9.17, 15) is 9.59 Å². The lowest BCUT2D eigenvalue weighted by atomic mass is 10.2. The van der Waals surface area contributed by atoms with Crippen LogP contribution in [0.3, 0.4) is 0 Å². The molecule has 2 rings (SSSR count). The molecule has 0 atom stereocenters. The highest BCUT2D eigenvalue weighted by molar-refractivity contribution is 7.11. The molecule has 0 bridgehead atoms. The predicted molar refractivity (Wildman–Crippen MR) is 74.4 cm³/mol. The second-order valence-corrected chi connectivity index (χ2v) is 5.17. The van der Waals surface area contributed by atoms with E-state index in [0.29, 0.717) is 17.1 Å². The summed E-state index contributed by atoms with van der Waals surface area (Å²) in [5.41, 5.74) is 6.11. The topological polar surface area (TPSA) is 91.6 Å². The molecule has 104 valence electrons. The average molecular weight is 283 g/mol. The van der Waals surface area contributed by atoms with E-state index in [-0.39, 0.29) is 24.2 Å². The summed E-state index contributed by atoms with van der Waals surface area (Å²) in [6.45, 7) is 1.68. The maximum absolute atomic E-state index is 11.9. The van der Waals surface area contributed by atoms with Crippen LogP contribution in [0.25, 0.3) is 0 Å². The van der Waals surface area contributed by atoms with Gasteiger partial charge in [-0.2, -0.15) is 4.37 Å². The van der Waals surface area contributed by atoms with Crippen molar-refractivity contribution in [3.63, 3.8) is 0 Å². The fraction of sp³-hybridized carbons (Fsp3) is 0.545. The van der Waals surface area contributed by atoms with E-state index in [1.807, 2.05) is 4.90 Å². The molecule has 2 heterocycles.